The number of methoxy groups -OCH3 is 1. The largest absolute Gasteiger partial charge is 0.507 e. The van der Waals surface area contributed by atoms with E-state index in [1.165, 1.54) is 0 Å². The van der Waals surface area contributed by atoms with Crippen LogP contribution in [-0.2, 0) is 4.74 Å². The van der Waals surface area contributed by atoms with Gasteiger partial charge in [0.1, 0.15) is 11.5 Å². The van der Waals surface area contributed by atoms with E-state index < -0.39 is 0 Å². The number of aromatic hydroxyl groups is 1. The molecule has 0 heterocycles. The quantitative estimate of drug-likeness (QED) is 0.643. The van der Waals surface area contributed by atoms with E-state index in [4.69, 9.17) is 4.74 Å². The Balaban J connectivity index is 2.39. The molecule has 0 aliphatic heterocycles. The molecule has 0 bridgehead atoms. The molecule has 0 aromatic heterocycles. The third kappa shape index (κ3) is 2.69. The van der Waals surface area contributed by atoms with E-state index >= 15 is 0 Å². The molecule has 0 radical (unpaired) electrons. The summed E-state index contributed by atoms with van der Waals surface area (Å²) in [6.07, 6.45) is 5.09. The van der Waals surface area contributed by atoms with Gasteiger partial charge in [-0.05, 0) is 30.2 Å². The van der Waals surface area contributed by atoms with Crippen LogP contribution in [0.2, 0.25) is 0 Å². The van der Waals surface area contributed by atoms with Gasteiger partial charge in [0.2, 0.25) is 0 Å². The van der Waals surface area contributed by atoms with Crippen LogP contribution < -0.4 is 0 Å². The van der Waals surface area contributed by atoms with Gasteiger partial charge in [-0.25, -0.2) is 0 Å². The van der Waals surface area contributed by atoms with Crippen LogP contribution in [0, 0.1) is 0 Å². The monoisotopic (exact) mass is 312 g/mol. The van der Waals surface area contributed by atoms with Crippen LogP contribution in [0.3, 0.4) is 0 Å². The average Bonchev–Trinajstić information content (AvgIpc) is 2.32. The van der Waals surface area contributed by atoms with Crippen LogP contribution in [0.4, 0.5) is 0 Å². The Morgan fingerprint density at radius 1 is 1.47 bits per heavy atom. The van der Waals surface area contributed by atoms with Crippen molar-refractivity contribution in [2.24, 2.45) is 0 Å². The molecule has 4 heteroatoms. The second-order valence-electron chi connectivity index (χ2n) is 3.81. The van der Waals surface area contributed by atoms with Gasteiger partial charge >= 0.3 is 0 Å². The maximum atomic E-state index is 9.46. The average molecular weight is 313 g/mol. The first kappa shape index (κ1) is 12.6. The molecule has 1 aliphatic rings. The molecule has 17 heavy (non-hydrogen) atoms. The molecule has 0 spiro atoms. The number of halogens is 1. The number of rotatable bonds is 2. The highest BCUT2D eigenvalue weighted by Crippen LogP contribution is 2.33. The van der Waals surface area contributed by atoms with Crippen LogP contribution in [0.25, 0.3) is 5.57 Å². The van der Waals surface area contributed by atoms with Crippen molar-refractivity contribution in [1.82, 2.24) is 0 Å². The highest BCUT2D eigenvalue weighted by atomic mass is 79.9. The summed E-state index contributed by atoms with van der Waals surface area (Å²) in [5.41, 5.74) is 2.04. The fraction of sp³-hybridized carbons (Fsp3) is 0.231. The first-order valence-corrected chi connectivity index (χ1v) is 6.61. The maximum absolute atomic E-state index is 9.46. The summed E-state index contributed by atoms with van der Waals surface area (Å²) in [6, 6.07) is 5.35. The van der Waals surface area contributed by atoms with Crippen LogP contribution in [0.15, 0.2) is 41.0 Å². The molecule has 2 nitrogen and oxygen atoms in total. The van der Waals surface area contributed by atoms with Crippen LogP contribution in [0.5, 0.6) is 5.75 Å². The van der Waals surface area contributed by atoms with Crippen molar-refractivity contribution in [2.75, 3.05) is 7.11 Å². The number of hydrogen-bond donors (Lipinski definition) is 2. The number of ether oxygens (including phenoxy) is 1. The highest BCUT2D eigenvalue weighted by molar-refractivity contribution is 9.09. The molecule has 1 aromatic carbocycles. The molecule has 0 fully saturated rings. The lowest BCUT2D eigenvalue weighted by Crippen LogP contribution is -2.04. The summed E-state index contributed by atoms with van der Waals surface area (Å²) in [5.74, 6) is 1.03. The van der Waals surface area contributed by atoms with E-state index in [0.29, 0.717) is 9.72 Å². The van der Waals surface area contributed by atoms with Crippen molar-refractivity contribution >= 4 is 34.1 Å². The number of thiol groups is 1. The minimum atomic E-state index is 0.190. The molecule has 1 aromatic rings. The fourth-order valence-electron chi connectivity index (χ4n) is 1.78. The van der Waals surface area contributed by atoms with Crippen molar-refractivity contribution in [3.63, 3.8) is 0 Å². The Hall–Kier alpha value is -0.870. The predicted octanol–water partition coefficient (Wildman–Crippen LogP) is 3.76. The first-order chi connectivity index (χ1) is 8.11. The van der Waals surface area contributed by atoms with Gasteiger partial charge in [-0.3, -0.25) is 0 Å². The van der Waals surface area contributed by atoms with Crippen molar-refractivity contribution in [3.05, 3.63) is 41.7 Å². The summed E-state index contributed by atoms with van der Waals surface area (Å²) >= 11 is 7.76. The Kier molecular flexibility index (Phi) is 3.84. The van der Waals surface area contributed by atoms with Gasteiger partial charge in [-0.1, -0.05) is 28.1 Å². The topological polar surface area (TPSA) is 29.5 Å². The first-order valence-electron chi connectivity index (χ1n) is 5.24. The molecule has 1 unspecified atom stereocenters. The van der Waals surface area contributed by atoms with Crippen molar-refractivity contribution in [1.29, 1.82) is 0 Å². The standard InChI is InChI=1S/C13H13BrO2S/c1-16-12-7-9(14)3-4-10(12)8-2-5-11(15)13(17)6-8/h2,4-7,9,15,17H,3H2,1H3. The molecule has 0 saturated heterocycles. The van der Waals surface area contributed by atoms with Gasteiger partial charge in [0.05, 0.1) is 7.11 Å². The molecular formula is C13H13BrO2S. The summed E-state index contributed by atoms with van der Waals surface area (Å²) in [6.45, 7) is 0. The lowest BCUT2D eigenvalue weighted by Gasteiger charge is -2.18. The molecular weight excluding hydrogens is 300 g/mol. The van der Waals surface area contributed by atoms with Crippen LogP contribution in [0.1, 0.15) is 12.0 Å². The van der Waals surface area contributed by atoms with Gasteiger partial charge in [0.25, 0.3) is 0 Å². The minimum absolute atomic E-state index is 0.190. The van der Waals surface area contributed by atoms with E-state index in [0.717, 1.165) is 23.3 Å². The summed E-state index contributed by atoms with van der Waals surface area (Å²) in [7, 11) is 1.66. The van der Waals surface area contributed by atoms with E-state index in [9.17, 15) is 5.11 Å². The number of phenolic OH excluding ortho intramolecular Hbond substituents is 1. The molecule has 1 N–H and O–H groups in total. The van der Waals surface area contributed by atoms with Crippen molar-refractivity contribution in [3.8, 4) is 5.75 Å². The van der Waals surface area contributed by atoms with Crippen molar-refractivity contribution in [2.45, 2.75) is 16.1 Å². The Labute approximate surface area is 115 Å². The van der Waals surface area contributed by atoms with Crippen molar-refractivity contribution < 1.29 is 9.84 Å². The summed E-state index contributed by atoms with van der Waals surface area (Å²) < 4.78 is 5.37. The van der Waals surface area contributed by atoms with E-state index in [1.54, 1.807) is 13.2 Å². The normalized spacial score (nSPS) is 19.6. The third-order valence-electron chi connectivity index (χ3n) is 2.65. The molecule has 90 valence electrons. The molecule has 2 rings (SSSR count). The number of hydrogen-bond acceptors (Lipinski definition) is 3. The molecule has 0 amide bonds. The zero-order valence-corrected chi connectivity index (χ0v) is 11.8. The lowest BCUT2D eigenvalue weighted by molar-refractivity contribution is 0.308. The predicted molar refractivity (Wildman–Crippen MR) is 75.8 cm³/mol. The van der Waals surface area contributed by atoms with Gasteiger partial charge in [-0.2, -0.15) is 0 Å². The number of phenols is 1. The van der Waals surface area contributed by atoms with Gasteiger partial charge in [-0.15, -0.1) is 12.6 Å². The maximum Gasteiger partial charge on any atom is 0.128 e. The Morgan fingerprint density at radius 3 is 2.88 bits per heavy atom. The van der Waals surface area contributed by atoms with Gasteiger partial charge in [0.15, 0.2) is 0 Å². The van der Waals surface area contributed by atoms with Crippen LogP contribution >= 0.6 is 28.6 Å². The zero-order chi connectivity index (χ0) is 12.4. The fourth-order valence-corrected chi connectivity index (χ4v) is 2.42. The van der Waals surface area contributed by atoms with Crippen LogP contribution in [-0.4, -0.2) is 17.0 Å². The van der Waals surface area contributed by atoms with E-state index in [1.807, 2.05) is 18.2 Å². The Bertz CT molecular complexity index is 494. The number of benzene rings is 1. The van der Waals surface area contributed by atoms with Gasteiger partial charge in [0, 0.05) is 15.3 Å². The summed E-state index contributed by atoms with van der Waals surface area (Å²) in [4.78, 5) is 0.883. The van der Waals surface area contributed by atoms with Gasteiger partial charge < -0.3 is 9.84 Å². The third-order valence-corrected chi connectivity index (χ3v) is 3.65. The number of allylic oxidation sites excluding steroid dienone is 3. The second-order valence-corrected chi connectivity index (χ2v) is 5.47. The zero-order valence-electron chi connectivity index (χ0n) is 9.35. The van der Waals surface area contributed by atoms with E-state index in [2.05, 4.69) is 34.6 Å². The van der Waals surface area contributed by atoms with E-state index in [-0.39, 0.29) is 5.75 Å². The molecule has 0 saturated carbocycles. The lowest BCUT2D eigenvalue weighted by atomic mass is 9.97. The minimum Gasteiger partial charge on any atom is -0.507 e. The highest BCUT2D eigenvalue weighted by Gasteiger charge is 2.16. The number of alkyl halides is 1. The smallest absolute Gasteiger partial charge is 0.128 e. The molecule has 1 aliphatic carbocycles. The Morgan fingerprint density at radius 2 is 2.24 bits per heavy atom. The SMILES string of the molecule is COC1=CC(Br)CC=C1c1ccc(O)c(S)c1. The summed E-state index contributed by atoms with van der Waals surface area (Å²) in [5, 5.41) is 9.46. The second kappa shape index (κ2) is 5.19. The molecule has 1 atom stereocenters.